The number of phosphoric acid groups is 1. The maximum Gasteiger partial charge on any atom is 0.475 e. The van der Waals surface area contributed by atoms with Crippen molar-refractivity contribution in [2.45, 2.75) is 46.9 Å². The van der Waals surface area contributed by atoms with E-state index in [4.69, 9.17) is 9.05 Å². The van der Waals surface area contributed by atoms with Crippen LogP contribution >= 0.6 is 7.82 Å². The van der Waals surface area contributed by atoms with E-state index in [1.165, 1.54) is 6.92 Å². The predicted octanol–water partition coefficient (Wildman–Crippen LogP) is 3.95. The maximum absolute atomic E-state index is 13.0. The molecule has 0 heterocycles. The SMILES string of the molecule is CCOC(=O)[C@H](OP(=O)(OCC(C)C)OCC(C)C)C(F)(F)F. The molecule has 0 N–H and O–H groups in total. The number of hydrogen-bond donors (Lipinski definition) is 0. The summed E-state index contributed by atoms with van der Waals surface area (Å²) in [5, 5.41) is 0. The highest BCUT2D eigenvalue weighted by atomic mass is 31.2. The summed E-state index contributed by atoms with van der Waals surface area (Å²) in [6.07, 6.45) is -8.14. The Hall–Kier alpha value is -0.630. The van der Waals surface area contributed by atoms with Crippen LogP contribution in [0.1, 0.15) is 34.6 Å². The van der Waals surface area contributed by atoms with E-state index in [1.807, 2.05) is 0 Å². The van der Waals surface area contributed by atoms with Crippen LogP contribution in [0.2, 0.25) is 0 Å². The average Bonchev–Trinajstić information content (AvgIpc) is 2.40. The number of alkyl halides is 3. The van der Waals surface area contributed by atoms with Gasteiger partial charge in [-0.05, 0) is 18.8 Å². The van der Waals surface area contributed by atoms with Crippen LogP contribution in [0.15, 0.2) is 0 Å². The largest absolute Gasteiger partial charge is 0.475 e. The number of phosphoric ester groups is 1. The molecule has 138 valence electrons. The molecule has 0 aromatic rings. The number of carbonyl (C=O) groups is 1. The first kappa shape index (κ1) is 22.4. The van der Waals surface area contributed by atoms with Gasteiger partial charge >= 0.3 is 20.0 Å². The average molecular weight is 364 g/mol. The predicted molar refractivity (Wildman–Crippen MR) is 76.7 cm³/mol. The van der Waals surface area contributed by atoms with Crippen LogP contribution in [0.3, 0.4) is 0 Å². The molecule has 0 bridgehead atoms. The summed E-state index contributed by atoms with van der Waals surface area (Å²) in [7, 11) is -4.58. The molecule has 1 atom stereocenters. The number of hydrogen-bond acceptors (Lipinski definition) is 6. The van der Waals surface area contributed by atoms with Gasteiger partial charge in [-0.3, -0.25) is 13.6 Å². The Balaban J connectivity index is 5.25. The quantitative estimate of drug-likeness (QED) is 0.432. The van der Waals surface area contributed by atoms with Crippen molar-refractivity contribution < 1.29 is 40.8 Å². The minimum atomic E-state index is -5.11. The summed E-state index contributed by atoms with van der Waals surface area (Å²) in [6, 6.07) is 0. The van der Waals surface area contributed by atoms with Crippen LogP contribution in [-0.4, -0.2) is 38.1 Å². The Morgan fingerprint density at radius 2 is 1.48 bits per heavy atom. The molecule has 6 nitrogen and oxygen atoms in total. The van der Waals surface area contributed by atoms with Crippen LogP contribution in [0.5, 0.6) is 0 Å². The fraction of sp³-hybridized carbons (Fsp3) is 0.923. The monoisotopic (exact) mass is 364 g/mol. The Morgan fingerprint density at radius 1 is 1.04 bits per heavy atom. The van der Waals surface area contributed by atoms with Gasteiger partial charge in [0.1, 0.15) is 0 Å². The Morgan fingerprint density at radius 3 is 1.78 bits per heavy atom. The minimum Gasteiger partial charge on any atom is -0.464 e. The fourth-order valence-corrected chi connectivity index (χ4v) is 2.78. The Kier molecular flexibility index (Phi) is 9.35. The van der Waals surface area contributed by atoms with E-state index in [9.17, 15) is 22.5 Å². The molecule has 23 heavy (non-hydrogen) atoms. The summed E-state index contributed by atoms with van der Waals surface area (Å²) in [6.45, 7) is 7.59. The first-order valence-corrected chi connectivity index (χ1v) is 8.68. The van der Waals surface area contributed by atoms with E-state index in [-0.39, 0.29) is 31.7 Å². The summed E-state index contributed by atoms with van der Waals surface area (Å²) in [5.74, 6) is -1.94. The van der Waals surface area contributed by atoms with Crippen LogP contribution < -0.4 is 0 Å². The van der Waals surface area contributed by atoms with Gasteiger partial charge in [0, 0.05) is 0 Å². The lowest BCUT2D eigenvalue weighted by Crippen LogP contribution is -2.40. The molecule has 0 aliphatic rings. The molecule has 0 amide bonds. The third kappa shape index (κ3) is 9.30. The van der Waals surface area contributed by atoms with E-state index < -0.39 is 26.1 Å². The molecule has 0 spiro atoms. The topological polar surface area (TPSA) is 71.1 Å². The highest BCUT2D eigenvalue weighted by Gasteiger charge is 2.52. The first-order valence-electron chi connectivity index (χ1n) is 7.22. The van der Waals surface area contributed by atoms with E-state index in [0.29, 0.717) is 0 Å². The van der Waals surface area contributed by atoms with Crippen LogP contribution in [0.4, 0.5) is 13.2 Å². The lowest BCUT2D eigenvalue weighted by molar-refractivity contribution is -0.215. The zero-order valence-electron chi connectivity index (χ0n) is 13.9. The fourth-order valence-electron chi connectivity index (χ4n) is 1.16. The molecule has 0 saturated heterocycles. The van der Waals surface area contributed by atoms with Gasteiger partial charge in [0.2, 0.25) is 0 Å². The Labute approximate surface area is 134 Å². The van der Waals surface area contributed by atoms with Crippen molar-refractivity contribution in [3.05, 3.63) is 0 Å². The third-order valence-electron chi connectivity index (χ3n) is 2.16. The normalized spacial score (nSPS) is 14.3. The van der Waals surface area contributed by atoms with Crippen LogP contribution in [0.25, 0.3) is 0 Å². The van der Waals surface area contributed by atoms with Crippen molar-refractivity contribution in [2.75, 3.05) is 19.8 Å². The summed E-state index contributed by atoms with van der Waals surface area (Å²) < 4.78 is 69.8. The second kappa shape index (κ2) is 9.61. The first-order chi connectivity index (χ1) is 10.4. The molecule has 0 aromatic carbocycles. The number of halogens is 3. The van der Waals surface area contributed by atoms with Gasteiger partial charge in [-0.1, -0.05) is 27.7 Å². The Bertz CT molecular complexity index is 395. The highest BCUT2D eigenvalue weighted by molar-refractivity contribution is 7.48. The number of esters is 1. The molecular weight excluding hydrogens is 340 g/mol. The van der Waals surface area contributed by atoms with Crippen molar-refractivity contribution in [3.63, 3.8) is 0 Å². The van der Waals surface area contributed by atoms with E-state index in [0.717, 1.165) is 0 Å². The van der Waals surface area contributed by atoms with Crippen molar-refractivity contribution in [1.82, 2.24) is 0 Å². The molecule has 0 aromatic heterocycles. The van der Waals surface area contributed by atoms with Crippen molar-refractivity contribution in [1.29, 1.82) is 0 Å². The van der Waals surface area contributed by atoms with Crippen molar-refractivity contribution in [2.24, 2.45) is 11.8 Å². The van der Waals surface area contributed by atoms with Gasteiger partial charge in [-0.2, -0.15) is 13.2 Å². The zero-order valence-corrected chi connectivity index (χ0v) is 14.8. The standard InChI is InChI=1S/C13H24F3O6P/c1-6-19-12(17)11(13(14,15)16)22-23(18,20-7-9(2)3)21-8-10(4)5/h9-11H,6-8H2,1-5H3/t11-/m0/s1. The summed E-state index contributed by atoms with van der Waals surface area (Å²) >= 11 is 0. The lowest BCUT2D eigenvalue weighted by Gasteiger charge is -2.25. The molecule has 10 heteroatoms. The lowest BCUT2D eigenvalue weighted by atomic mass is 10.2. The smallest absolute Gasteiger partial charge is 0.464 e. The van der Waals surface area contributed by atoms with Crippen molar-refractivity contribution >= 4 is 13.8 Å². The molecule has 0 unspecified atom stereocenters. The molecule has 0 saturated carbocycles. The number of ether oxygens (including phenoxy) is 1. The summed E-state index contributed by atoms with van der Waals surface area (Å²) in [5.41, 5.74) is 0. The minimum absolute atomic E-state index is 0.124. The second-order valence-electron chi connectivity index (χ2n) is 5.61. The van der Waals surface area contributed by atoms with E-state index >= 15 is 0 Å². The molecule has 0 rings (SSSR count). The third-order valence-corrected chi connectivity index (χ3v) is 3.56. The number of carbonyl (C=O) groups excluding carboxylic acids is 1. The van der Waals surface area contributed by atoms with Gasteiger partial charge in [0.25, 0.3) is 6.10 Å². The molecule has 0 aliphatic heterocycles. The van der Waals surface area contributed by atoms with Gasteiger partial charge < -0.3 is 4.74 Å². The van der Waals surface area contributed by atoms with Crippen LogP contribution in [-0.2, 0) is 27.7 Å². The molecule has 0 radical (unpaired) electrons. The molecule has 0 fully saturated rings. The number of rotatable bonds is 10. The van der Waals surface area contributed by atoms with Gasteiger partial charge in [-0.15, -0.1) is 0 Å². The van der Waals surface area contributed by atoms with E-state index in [2.05, 4.69) is 9.26 Å². The van der Waals surface area contributed by atoms with E-state index in [1.54, 1.807) is 27.7 Å². The molecular formula is C13H24F3O6P. The summed E-state index contributed by atoms with van der Waals surface area (Å²) in [4.78, 5) is 11.4. The van der Waals surface area contributed by atoms with Gasteiger partial charge in [0.15, 0.2) is 0 Å². The van der Waals surface area contributed by atoms with Gasteiger partial charge in [-0.25, -0.2) is 9.36 Å². The maximum atomic E-state index is 13.0. The highest BCUT2D eigenvalue weighted by Crippen LogP contribution is 2.53. The second-order valence-corrected chi connectivity index (χ2v) is 7.23. The van der Waals surface area contributed by atoms with Crippen molar-refractivity contribution in [3.8, 4) is 0 Å². The van der Waals surface area contributed by atoms with Gasteiger partial charge in [0.05, 0.1) is 19.8 Å². The molecule has 0 aliphatic carbocycles. The zero-order chi connectivity index (χ0) is 18.3. The van der Waals surface area contributed by atoms with Crippen LogP contribution in [0, 0.1) is 11.8 Å².